The lowest BCUT2D eigenvalue weighted by Crippen LogP contribution is -2.09. The lowest BCUT2D eigenvalue weighted by Gasteiger charge is -2.19. The third-order valence-electron chi connectivity index (χ3n) is 5.28. The zero-order valence-electron chi connectivity index (χ0n) is 15.9. The molecule has 0 saturated heterocycles. The van der Waals surface area contributed by atoms with E-state index in [1.54, 1.807) is 0 Å². The van der Waals surface area contributed by atoms with Crippen molar-refractivity contribution in [2.24, 2.45) is 0 Å². The number of anilines is 1. The molecule has 27 heavy (non-hydrogen) atoms. The molecule has 0 radical (unpaired) electrons. The summed E-state index contributed by atoms with van der Waals surface area (Å²) in [6, 6.07) is 21.8. The number of nitrogens with zero attached hydrogens (tertiary/aromatic N) is 2. The van der Waals surface area contributed by atoms with Crippen LogP contribution in [0.4, 0.5) is 5.69 Å². The maximum Gasteiger partial charge on any atom is 0.0457 e. The van der Waals surface area contributed by atoms with Crippen LogP contribution in [0.15, 0.2) is 79.3 Å². The summed E-state index contributed by atoms with van der Waals surface area (Å²) in [5, 5.41) is 1.31. The minimum absolute atomic E-state index is 0.352. The van der Waals surface area contributed by atoms with E-state index in [-0.39, 0.29) is 0 Å². The zero-order chi connectivity index (χ0) is 18.6. The number of nitrogens with one attached hydrogen (secondary N) is 1. The topological polar surface area (TPSA) is 31.9 Å². The lowest BCUT2D eigenvalue weighted by atomic mass is 9.86. The number of hydrogen-bond acceptors (Lipinski definition) is 2. The summed E-state index contributed by atoms with van der Waals surface area (Å²) in [5.74, 6) is 0.352. The number of aromatic amines is 1. The van der Waals surface area contributed by atoms with Crippen LogP contribution in [0.25, 0.3) is 10.9 Å². The highest BCUT2D eigenvalue weighted by atomic mass is 15.1. The fourth-order valence-electron chi connectivity index (χ4n) is 3.75. The van der Waals surface area contributed by atoms with Crippen molar-refractivity contribution in [1.29, 1.82) is 0 Å². The summed E-state index contributed by atoms with van der Waals surface area (Å²) >= 11 is 0. The van der Waals surface area contributed by atoms with Gasteiger partial charge in [0.1, 0.15) is 0 Å². The van der Waals surface area contributed by atoms with E-state index in [9.17, 15) is 0 Å². The van der Waals surface area contributed by atoms with Gasteiger partial charge in [-0.2, -0.15) is 0 Å². The Morgan fingerprint density at radius 1 is 0.926 bits per heavy atom. The highest BCUT2D eigenvalue weighted by molar-refractivity contribution is 5.84. The molecule has 1 atom stereocenters. The number of hydrogen-bond donors (Lipinski definition) is 1. The van der Waals surface area contributed by atoms with Gasteiger partial charge < -0.3 is 9.88 Å². The van der Waals surface area contributed by atoms with Crippen molar-refractivity contribution in [1.82, 2.24) is 9.97 Å². The molecule has 0 aliphatic carbocycles. The first-order chi connectivity index (χ1) is 13.2. The lowest BCUT2D eigenvalue weighted by molar-refractivity contribution is 0.719. The van der Waals surface area contributed by atoms with Crippen LogP contribution in [0.2, 0.25) is 0 Å². The average molecular weight is 355 g/mol. The molecule has 3 nitrogen and oxygen atoms in total. The Hall–Kier alpha value is -3.07. The predicted octanol–water partition coefficient (Wildman–Crippen LogP) is 5.39. The van der Waals surface area contributed by atoms with Crippen LogP contribution < -0.4 is 4.90 Å². The second kappa shape index (κ2) is 7.67. The van der Waals surface area contributed by atoms with Gasteiger partial charge in [-0.1, -0.05) is 30.3 Å². The first-order valence-corrected chi connectivity index (χ1v) is 9.44. The maximum absolute atomic E-state index is 4.14. The smallest absolute Gasteiger partial charge is 0.0457 e. The van der Waals surface area contributed by atoms with Gasteiger partial charge in [-0.15, -0.1) is 0 Å². The highest BCUT2D eigenvalue weighted by Gasteiger charge is 2.18. The van der Waals surface area contributed by atoms with E-state index in [4.69, 9.17) is 0 Å². The number of aromatic nitrogens is 2. The fourth-order valence-corrected chi connectivity index (χ4v) is 3.75. The Kier molecular flexibility index (Phi) is 4.93. The molecule has 0 saturated carbocycles. The number of pyridine rings is 1. The van der Waals surface area contributed by atoms with E-state index in [1.807, 2.05) is 12.4 Å². The summed E-state index contributed by atoms with van der Waals surface area (Å²) in [4.78, 5) is 9.73. The van der Waals surface area contributed by atoms with Crippen molar-refractivity contribution < 1.29 is 0 Å². The van der Waals surface area contributed by atoms with Gasteiger partial charge in [-0.3, -0.25) is 4.98 Å². The molecule has 2 aromatic carbocycles. The first kappa shape index (κ1) is 17.3. The highest BCUT2D eigenvalue weighted by Crippen LogP contribution is 2.35. The van der Waals surface area contributed by atoms with Crippen molar-refractivity contribution >= 4 is 16.6 Å². The molecule has 2 heterocycles. The molecule has 0 aliphatic rings. The molecular weight excluding hydrogens is 330 g/mol. The maximum atomic E-state index is 4.14. The molecule has 1 N–H and O–H groups in total. The van der Waals surface area contributed by atoms with Crippen LogP contribution in [0.3, 0.4) is 0 Å². The van der Waals surface area contributed by atoms with Gasteiger partial charge in [0.05, 0.1) is 0 Å². The van der Waals surface area contributed by atoms with E-state index >= 15 is 0 Å². The zero-order valence-corrected chi connectivity index (χ0v) is 15.9. The van der Waals surface area contributed by atoms with Crippen molar-refractivity contribution in [2.75, 3.05) is 19.0 Å². The minimum Gasteiger partial charge on any atom is -0.378 e. The molecule has 136 valence electrons. The summed E-state index contributed by atoms with van der Waals surface area (Å²) in [7, 11) is 4.16. The summed E-state index contributed by atoms with van der Waals surface area (Å²) in [6.45, 7) is 0. The van der Waals surface area contributed by atoms with E-state index in [0.717, 1.165) is 12.8 Å². The van der Waals surface area contributed by atoms with Crippen LogP contribution in [-0.4, -0.2) is 24.1 Å². The quantitative estimate of drug-likeness (QED) is 0.502. The van der Waals surface area contributed by atoms with Crippen LogP contribution in [0.5, 0.6) is 0 Å². The van der Waals surface area contributed by atoms with Crippen LogP contribution in [0, 0.1) is 0 Å². The number of H-pyrrole nitrogens is 1. The molecular formula is C24H25N3. The van der Waals surface area contributed by atoms with E-state index in [0.29, 0.717) is 5.92 Å². The first-order valence-electron chi connectivity index (χ1n) is 9.44. The Balaban J connectivity index is 1.70. The van der Waals surface area contributed by atoms with Crippen LogP contribution in [-0.2, 0) is 6.42 Å². The van der Waals surface area contributed by atoms with Gasteiger partial charge in [-0.25, -0.2) is 0 Å². The molecule has 0 aliphatic heterocycles. The Morgan fingerprint density at radius 3 is 2.41 bits per heavy atom. The van der Waals surface area contributed by atoms with Crippen molar-refractivity contribution in [3.63, 3.8) is 0 Å². The molecule has 0 amide bonds. The number of aryl methyl sites for hydroxylation is 1. The van der Waals surface area contributed by atoms with Crippen LogP contribution >= 0.6 is 0 Å². The molecule has 4 aromatic rings. The summed E-state index contributed by atoms with van der Waals surface area (Å²) in [5.41, 5.74) is 6.49. The number of para-hydroxylation sites is 1. The Bertz CT molecular complexity index is 1000. The predicted molar refractivity (Wildman–Crippen MR) is 113 cm³/mol. The number of benzene rings is 2. The van der Waals surface area contributed by atoms with Gasteiger partial charge in [0, 0.05) is 55.2 Å². The Labute approximate surface area is 160 Å². The number of rotatable bonds is 6. The molecule has 0 spiro atoms. The molecule has 0 fully saturated rings. The van der Waals surface area contributed by atoms with Gasteiger partial charge >= 0.3 is 0 Å². The van der Waals surface area contributed by atoms with Gasteiger partial charge in [-0.05, 0) is 59.9 Å². The largest absolute Gasteiger partial charge is 0.378 e. The van der Waals surface area contributed by atoms with Gasteiger partial charge in [0.15, 0.2) is 0 Å². The van der Waals surface area contributed by atoms with E-state index in [1.165, 1.54) is 33.3 Å². The fraction of sp³-hybridized carbons (Fsp3) is 0.208. The standard InChI is InChI=1S/C24H25N3/c1-27(2)20-10-8-19(9-11-20)21(12-7-18-13-15-25-16-14-18)23-17-26-24-6-4-3-5-22(23)24/h3-6,8-11,13-17,21,26H,7,12H2,1-2H3. The molecule has 3 heteroatoms. The molecule has 2 aromatic heterocycles. The molecule has 4 rings (SSSR count). The summed E-state index contributed by atoms with van der Waals surface area (Å²) < 4.78 is 0. The average Bonchev–Trinajstić information content (AvgIpc) is 3.13. The third kappa shape index (κ3) is 3.72. The molecule has 0 bridgehead atoms. The van der Waals surface area contributed by atoms with Gasteiger partial charge in [0.25, 0.3) is 0 Å². The van der Waals surface area contributed by atoms with Crippen molar-refractivity contribution in [2.45, 2.75) is 18.8 Å². The van der Waals surface area contributed by atoms with E-state index < -0.39 is 0 Å². The van der Waals surface area contributed by atoms with Crippen molar-refractivity contribution in [3.8, 4) is 0 Å². The van der Waals surface area contributed by atoms with Crippen LogP contribution in [0.1, 0.15) is 29.0 Å². The Morgan fingerprint density at radius 2 is 1.67 bits per heavy atom. The third-order valence-corrected chi connectivity index (χ3v) is 5.28. The normalized spacial score (nSPS) is 12.2. The monoisotopic (exact) mass is 355 g/mol. The SMILES string of the molecule is CN(C)c1ccc(C(CCc2ccncc2)c2c[nH]c3ccccc23)cc1. The minimum atomic E-state index is 0.352. The van der Waals surface area contributed by atoms with Gasteiger partial charge in [0.2, 0.25) is 0 Å². The molecule has 1 unspecified atom stereocenters. The second-order valence-electron chi connectivity index (χ2n) is 7.22. The second-order valence-corrected chi connectivity index (χ2v) is 7.22. The van der Waals surface area contributed by atoms with Crippen molar-refractivity contribution in [3.05, 3.63) is 95.9 Å². The summed E-state index contributed by atoms with van der Waals surface area (Å²) in [6.07, 6.45) is 8.03. The number of fused-ring (bicyclic) bond motifs is 1. The van der Waals surface area contributed by atoms with E-state index in [2.05, 4.69) is 95.8 Å².